The van der Waals surface area contributed by atoms with Crippen LogP contribution in [-0.2, 0) is 14.4 Å². The molecule has 3 fully saturated rings. The maximum atomic E-state index is 12.7. The molecule has 5 amide bonds. The number of nitriles is 1. The van der Waals surface area contributed by atoms with Crippen LogP contribution in [0.5, 0.6) is 0 Å². The van der Waals surface area contributed by atoms with Crippen LogP contribution in [0.3, 0.4) is 0 Å². The lowest BCUT2D eigenvalue weighted by atomic mass is 9.63. The fourth-order valence-corrected chi connectivity index (χ4v) is 8.81. The number of rotatable bonds is 16. The molecule has 8 N–H and O–H groups in total. The molecular formula is C71H112F5N13O7. The minimum Gasteiger partial charge on any atom is -0.386 e. The number of amidine groups is 3. The highest BCUT2D eigenvalue weighted by molar-refractivity contribution is 5.96. The molecule has 2 aromatic carbocycles. The van der Waals surface area contributed by atoms with Gasteiger partial charge in [-0.3, -0.25) is 33.9 Å². The van der Waals surface area contributed by atoms with Gasteiger partial charge >= 0.3 is 12.2 Å². The number of aromatic nitrogens is 1. The van der Waals surface area contributed by atoms with Crippen molar-refractivity contribution < 1.29 is 45.7 Å². The normalized spacial score (nSPS) is 14.4. The zero-order valence-corrected chi connectivity index (χ0v) is 61.0. The Labute approximate surface area is 568 Å². The van der Waals surface area contributed by atoms with Crippen molar-refractivity contribution in [2.24, 2.45) is 73.5 Å². The second-order valence-corrected chi connectivity index (χ2v) is 26.2. The van der Waals surface area contributed by atoms with Crippen molar-refractivity contribution in [2.75, 3.05) is 36.6 Å². The molecule has 1 atom stereocenters. The number of terminal acetylenes is 2. The van der Waals surface area contributed by atoms with E-state index in [-0.39, 0.29) is 87.7 Å². The first-order valence-corrected chi connectivity index (χ1v) is 33.0. The van der Waals surface area contributed by atoms with Crippen LogP contribution < -0.4 is 48.5 Å². The van der Waals surface area contributed by atoms with Crippen molar-refractivity contribution >= 4 is 58.3 Å². The summed E-state index contributed by atoms with van der Waals surface area (Å²) in [6.45, 7) is 38.0. The van der Waals surface area contributed by atoms with Crippen LogP contribution in [0.15, 0.2) is 47.3 Å². The number of nitrogens with zero attached hydrogens (tertiary/aromatic N) is 6. The van der Waals surface area contributed by atoms with Crippen LogP contribution in [0.1, 0.15) is 212 Å². The Morgan fingerprint density at radius 2 is 1.29 bits per heavy atom. The van der Waals surface area contributed by atoms with Gasteiger partial charge in [0.25, 0.3) is 0 Å². The van der Waals surface area contributed by atoms with Crippen LogP contribution in [0.2, 0.25) is 0 Å². The molecule has 6 rings (SSSR count). The summed E-state index contributed by atoms with van der Waals surface area (Å²) in [4.78, 5) is 80.1. The maximum absolute atomic E-state index is 12.7. The summed E-state index contributed by atoms with van der Waals surface area (Å²) >= 11 is 0. The number of urea groups is 1. The maximum Gasteiger partial charge on any atom is 0.405 e. The molecule has 1 heterocycles. The molecule has 20 nitrogen and oxygen atoms in total. The number of hydrogen-bond donors (Lipinski definition) is 7. The van der Waals surface area contributed by atoms with Crippen molar-refractivity contribution in [2.45, 2.75) is 227 Å². The quantitative estimate of drug-likeness (QED) is 0.0134. The number of aryl methyl sites for hydroxylation is 2. The molecule has 3 saturated carbocycles. The van der Waals surface area contributed by atoms with Crippen molar-refractivity contribution in [3.05, 3.63) is 67.3 Å². The van der Waals surface area contributed by atoms with Gasteiger partial charge in [-0.05, 0) is 87.7 Å². The fraction of sp³-hybridized carbons (Fsp3) is 0.648. The number of carbonyl (C=O) groups is 4. The molecule has 3 aliphatic rings. The Balaban J connectivity index is 0. The summed E-state index contributed by atoms with van der Waals surface area (Å²) in [7, 11) is 3.38. The highest BCUT2D eigenvalue weighted by Crippen LogP contribution is 2.45. The molecule has 0 radical (unpaired) electrons. The SMILES string of the molecule is C#CN=C(NCC(F)(F)F)C(C)C.C#CNC(=NC)C(C)C.CC(C)C(=O)N(C(=O)NC1CC1)C1CC1.CC(C)C(=O)Nc1ccc(F)c(F)c1.CC(C)C(N)=NC#N.CCC(C)(C(C)C)C1CCCCC1.CNc1c(C(C)C)c(=O)c1=O.Cc1noc(C)c1NC(=O)C(C)C. The third-order valence-corrected chi connectivity index (χ3v) is 15.6. The summed E-state index contributed by atoms with van der Waals surface area (Å²) < 4.78 is 65.4. The van der Waals surface area contributed by atoms with Crippen LogP contribution in [0.25, 0.3) is 0 Å². The van der Waals surface area contributed by atoms with Gasteiger partial charge in [0.15, 0.2) is 17.4 Å². The zero-order chi connectivity index (χ0) is 74.5. The number of nitrogens with one attached hydrogen (secondary N) is 6. The molecule has 1 unspecified atom stereocenters. The lowest BCUT2D eigenvalue weighted by Gasteiger charge is -2.42. The Bertz CT molecular complexity index is 3140. The van der Waals surface area contributed by atoms with Gasteiger partial charge < -0.3 is 42.2 Å². The van der Waals surface area contributed by atoms with Crippen LogP contribution in [-0.4, -0.2) is 90.2 Å². The number of hydrogen-bond acceptors (Lipinski definition) is 13. The molecule has 538 valence electrons. The number of imide groups is 1. The summed E-state index contributed by atoms with van der Waals surface area (Å²) in [6.07, 6.45) is 20.0. The second kappa shape index (κ2) is 45.3. The van der Waals surface area contributed by atoms with E-state index in [1.54, 1.807) is 61.8 Å². The molecule has 1 aromatic heterocycles. The minimum absolute atomic E-state index is 0.0191. The van der Waals surface area contributed by atoms with Crippen molar-refractivity contribution in [3.8, 4) is 31.1 Å². The number of halogens is 5. The van der Waals surface area contributed by atoms with Gasteiger partial charge in [-0.1, -0.05) is 168 Å². The molecule has 0 spiro atoms. The molecule has 3 aliphatic carbocycles. The van der Waals surface area contributed by atoms with E-state index < -0.39 is 24.4 Å². The standard InChI is InChI=1S/C13H26.C11H18N2O2.C10H11F2NO.C9H14N2O2.C8H11F3N2.C8H11NO2.C7H12N2.C5H9N3/c1-5-13(4,11(2)3)12-9-7-6-8-10-12;1-7(2)10(14)13(9-5-6-9)11(15)12-8-3-4-8;1-6(2)10(14)13-7-3-4-8(11)9(12)5-7;1-5(2)9(12)10-8-6(3)11-13-7(8)4;1-4-12-7(6(2)3)13-5-8(9,10)11;1-4(2)5-6(9-3)8(11)7(5)10;1-5-9-7(8-4)6(2)3;1-4(2)5(7)8-3-6/h11-12H,5-10H2,1-4H3;7-9H,3-6H2,1-2H3,(H,12,15);3-6H,1-2H3,(H,13,14);5H,1-4H3,(H,10,12);1,6H,5H2,2-3H3,(H,12,13);4,9H,1-3H3;1,6H,2-4H3,(H,8,9);4H,1-2H3,(H2,7,8). The first-order chi connectivity index (χ1) is 44.6. The van der Waals surface area contributed by atoms with E-state index in [0.29, 0.717) is 51.6 Å². The van der Waals surface area contributed by atoms with Crippen LogP contribution in [0, 0.1) is 115 Å². The van der Waals surface area contributed by atoms with Crippen molar-refractivity contribution in [1.29, 1.82) is 5.26 Å². The number of aliphatic imine (C=N–C) groups is 3. The average Bonchev–Trinajstić information content (AvgIpc) is 1.10. The van der Waals surface area contributed by atoms with E-state index >= 15 is 0 Å². The zero-order valence-electron chi connectivity index (χ0n) is 61.0. The van der Waals surface area contributed by atoms with E-state index in [1.807, 2.05) is 75.3 Å². The third-order valence-electron chi connectivity index (χ3n) is 15.6. The van der Waals surface area contributed by atoms with E-state index in [4.69, 9.17) is 28.4 Å². The Hall–Kier alpha value is -8.14. The molecule has 96 heavy (non-hydrogen) atoms. The molecule has 0 aliphatic heterocycles. The van der Waals surface area contributed by atoms with Gasteiger partial charge in [0.1, 0.15) is 35.4 Å². The number of nitrogens with two attached hydrogens (primary N) is 1. The minimum atomic E-state index is -4.25. The number of anilines is 3. The van der Waals surface area contributed by atoms with Crippen molar-refractivity contribution in [3.63, 3.8) is 0 Å². The topological polar surface area (TPSA) is 291 Å². The van der Waals surface area contributed by atoms with E-state index in [9.17, 15) is 50.7 Å². The first-order valence-electron chi connectivity index (χ1n) is 33.0. The number of carbonyl (C=O) groups excluding carboxylic acids is 4. The molecular weight excluding hydrogens is 1240 g/mol. The van der Waals surface area contributed by atoms with Gasteiger partial charge in [0.2, 0.25) is 34.8 Å². The summed E-state index contributed by atoms with van der Waals surface area (Å²) in [6, 6.07) is 7.81. The first kappa shape index (κ1) is 89.9. The summed E-state index contributed by atoms with van der Waals surface area (Å²) in [5.74, 6) is 1.98. The summed E-state index contributed by atoms with van der Waals surface area (Å²) in [5, 5.41) is 27.4. The molecule has 0 bridgehead atoms. The fourth-order valence-electron chi connectivity index (χ4n) is 8.81. The highest BCUT2D eigenvalue weighted by atomic mass is 19.4. The van der Waals surface area contributed by atoms with E-state index in [0.717, 1.165) is 55.5 Å². The monoisotopic (exact) mass is 1350 g/mol. The van der Waals surface area contributed by atoms with Gasteiger partial charge in [-0.25, -0.2) is 13.6 Å². The van der Waals surface area contributed by atoms with E-state index in [1.165, 1.54) is 49.5 Å². The number of amides is 5. The van der Waals surface area contributed by atoms with Crippen LogP contribution >= 0.6 is 0 Å². The van der Waals surface area contributed by atoms with Crippen molar-refractivity contribution in [1.82, 2.24) is 26.0 Å². The molecule has 25 heteroatoms. The average molecular weight is 1350 g/mol. The smallest absolute Gasteiger partial charge is 0.386 e. The predicted octanol–water partition coefficient (Wildman–Crippen LogP) is 14.2. The third kappa shape index (κ3) is 34.5. The number of alkyl halides is 3. The summed E-state index contributed by atoms with van der Waals surface area (Å²) in [5.41, 5.74) is 7.96. The lowest BCUT2D eigenvalue weighted by Crippen LogP contribution is -2.47. The van der Waals surface area contributed by atoms with Crippen LogP contribution in [0.4, 0.5) is 43.8 Å². The number of benzene rings is 1. The van der Waals surface area contributed by atoms with Gasteiger partial charge in [0.05, 0.1) is 5.69 Å². The Morgan fingerprint density at radius 3 is 1.62 bits per heavy atom. The molecule has 3 aromatic rings. The van der Waals surface area contributed by atoms with Gasteiger partial charge in [-0.2, -0.15) is 28.4 Å². The van der Waals surface area contributed by atoms with Gasteiger partial charge in [0, 0.05) is 91.1 Å². The predicted molar refractivity (Wildman–Crippen MR) is 378 cm³/mol. The largest absolute Gasteiger partial charge is 0.405 e. The van der Waals surface area contributed by atoms with Gasteiger partial charge in [-0.15, -0.1) is 0 Å². The molecule has 0 saturated heterocycles. The highest BCUT2D eigenvalue weighted by Gasteiger charge is 2.40. The second-order valence-electron chi connectivity index (χ2n) is 26.2. The Morgan fingerprint density at radius 1 is 0.750 bits per heavy atom. The van der Waals surface area contributed by atoms with E-state index in [2.05, 4.69) is 85.8 Å². The lowest BCUT2D eigenvalue weighted by molar-refractivity contribution is -0.132. The Kier molecular flexibility index (Phi) is 42.5.